The highest BCUT2D eigenvalue weighted by atomic mass is 16.3. The van der Waals surface area contributed by atoms with E-state index >= 15 is 0 Å². The molecule has 0 fully saturated rings. The summed E-state index contributed by atoms with van der Waals surface area (Å²) in [7, 11) is 0. The summed E-state index contributed by atoms with van der Waals surface area (Å²) in [5.41, 5.74) is -0.00349. The van der Waals surface area contributed by atoms with Gasteiger partial charge in [0.05, 0.1) is 17.8 Å². The van der Waals surface area contributed by atoms with Crippen LogP contribution >= 0.6 is 0 Å². The SMILES string of the molecule is C=C(C)[C@H](O)CC[C@@](C)(O)[C@H]1CC(=O)C(C)=C[C@H]1O. The lowest BCUT2D eigenvalue weighted by molar-refractivity contribution is -0.124. The van der Waals surface area contributed by atoms with Crippen LogP contribution in [-0.4, -0.2) is 38.9 Å². The zero-order valence-electron chi connectivity index (χ0n) is 11.9. The Bertz CT molecular complexity index is 395. The summed E-state index contributed by atoms with van der Waals surface area (Å²) in [4.78, 5) is 11.7. The summed E-state index contributed by atoms with van der Waals surface area (Å²) in [6.07, 6.45) is 0.820. The summed E-state index contributed by atoms with van der Waals surface area (Å²) in [6.45, 7) is 8.66. The molecule has 0 aliphatic heterocycles. The van der Waals surface area contributed by atoms with Gasteiger partial charge in [0.2, 0.25) is 0 Å². The van der Waals surface area contributed by atoms with Crippen LogP contribution in [0.4, 0.5) is 0 Å². The fraction of sp³-hybridized carbons (Fsp3) is 0.667. The zero-order valence-corrected chi connectivity index (χ0v) is 11.9. The van der Waals surface area contributed by atoms with E-state index in [9.17, 15) is 20.1 Å². The maximum Gasteiger partial charge on any atom is 0.158 e. The fourth-order valence-electron chi connectivity index (χ4n) is 2.40. The van der Waals surface area contributed by atoms with Crippen LogP contribution in [0, 0.1) is 5.92 Å². The third kappa shape index (κ3) is 4.00. The van der Waals surface area contributed by atoms with Gasteiger partial charge in [0, 0.05) is 12.3 Å². The molecular weight excluding hydrogens is 244 g/mol. The van der Waals surface area contributed by atoms with Crippen LogP contribution in [0.2, 0.25) is 0 Å². The standard InChI is InChI=1S/C15H24O4/c1-9(2)12(16)5-6-15(4,19)11-8-13(17)10(3)7-14(11)18/h7,11-12,14,16,18-19H,1,5-6,8H2,2-4H3/t11-,12+,14+,15+/m0/s1. The highest BCUT2D eigenvalue weighted by Crippen LogP contribution is 2.34. The van der Waals surface area contributed by atoms with Crippen LogP contribution in [0.3, 0.4) is 0 Å². The fourth-order valence-corrected chi connectivity index (χ4v) is 2.40. The van der Waals surface area contributed by atoms with Crippen molar-refractivity contribution >= 4 is 5.78 Å². The molecule has 0 unspecified atom stereocenters. The zero-order chi connectivity index (χ0) is 14.8. The number of Topliss-reactive ketones (excluding diaryl/α,β-unsaturated/α-hetero) is 1. The molecule has 0 spiro atoms. The van der Waals surface area contributed by atoms with Gasteiger partial charge >= 0.3 is 0 Å². The first-order valence-corrected chi connectivity index (χ1v) is 6.60. The summed E-state index contributed by atoms with van der Waals surface area (Å²) >= 11 is 0. The summed E-state index contributed by atoms with van der Waals surface area (Å²) < 4.78 is 0. The predicted octanol–water partition coefficient (Wildman–Crippen LogP) is 1.35. The van der Waals surface area contributed by atoms with E-state index in [2.05, 4.69) is 6.58 Å². The van der Waals surface area contributed by atoms with Crippen molar-refractivity contribution in [1.29, 1.82) is 0 Å². The van der Waals surface area contributed by atoms with E-state index in [-0.39, 0.29) is 12.2 Å². The molecule has 4 heteroatoms. The third-order valence-electron chi connectivity index (χ3n) is 3.97. The predicted molar refractivity (Wildman–Crippen MR) is 73.6 cm³/mol. The number of ketones is 1. The minimum atomic E-state index is -1.19. The van der Waals surface area contributed by atoms with Crippen LogP contribution in [-0.2, 0) is 4.79 Å². The van der Waals surface area contributed by atoms with Crippen molar-refractivity contribution in [3.63, 3.8) is 0 Å². The lowest BCUT2D eigenvalue weighted by Crippen LogP contribution is -2.45. The summed E-state index contributed by atoms with van der Waals surface area (Å²) in [5.74, 6) is -0.572. The third-order valence-corrected chi connectivity index (χ3v) is 3.97. The van der Waals surface area contributed by atoms with Crippen molar-refractivity contribution in [1.82, 2.24) is 0 Å². The molecule has 0 bridgehead atoms. The molecule has 1 aliphatic carbocycles. The molecule has 0 aromatic carbocycles. The van der Waals surface area contributed by atoms with Gasteiger partial charge in [0.25, 0.3) is 0 Å². The van der Waals surface area contributed by atoms with Crippen molar-refractivity contribution in [3.05, 3.63) is 23.8 Å². The summed E-state index contributed by atoms with van der Waals surface area (Å²) in [5, 5.41) is 30.2. The van der Waals surface area contributed by atoms with Gasteiger partial charge in [-0.3, -0.25) is 4.79 Å². The number of hydrogen-bond donors (Lipinski definition) is 3. The van der Waals surface area contributed by atoms with Crippen LogP contribution in [0.1, 0.15) is 40.0 Å². The highest BCUT2D eigenvalue weighted by molar-refractivity contribution is 5.96. The Morgan fingerprint density at radius 2 is 2.21 bits per heavy atom. The molecule has 108 valence electrons. The second kappa shape index (κ2) is 5.99. The van der Waals surface area contributed by atoms with Crippen molar-refractivity contribution in [2.45, 2.75) is 57.8 Å². The molecule has 4 nitrogen and oxygen atoms in total. The molecule has 1 aliphatic rings. The quantitative estimate of drug-likeness (QED) is 0.658. The second-order valence-corrected chi connectivity index (χ2v) is 5.83. The van der Waals surface area contributed by atoms with Crippen molar-refractivity contribution < 1.29 is 20.1 Å². The van der Waals surface area contributed by atoms with Gasteiger partial charge in [-0.15, -0.1) is 0 Å². The number of carbonyl (C=O) groups excluding carboxylic acids is 1. The van der Waals surface area contributed by atoms with Crippen molar-refractivity contribution in [2.24, 2.45) is 5.92 Å². The van der Waals surface area contributed by atoms with E-state index in [1.807, 2.05) is 0 Å². The smallest absolute Gasteiger partial charge is 0.158 e. The Hall–Kier alpha value is -0.970. The van der Waals surface area contributed by atoms with Crippen molar-refractivity contribution in [2.75, 3.05) is 0 Å². The van der Waals surface area contributed by atoms with E-state index in [0.29, 0.717) is 24.0 Å². The van der Waals surface area contributed by atoms with Crippen LogP contribution in [0.15, 0.2) is 23.8 Å². The van der Waals surface area contributed by atoms with Gasteiger partial charge in [-0.1, -0.05) is 12.2 Å². The van der Waals surface area contributed by atoms with Crippen molar-refractivity contribution in [3.8, 4) is 0 Å². The maximum atomic E-state index is 11.7. The van der Waals surface area contributed by atoms with Gasteiger partial charge in [-0.05, 0) is 45.3 Å². The Labute approximate surface area is 114 Å². The second-order valence-electron chi connectivity index (χ2n) is 5.83. The van der Waals surface area contributed by atoms with E-state index in [1.54, 1.807) is 20.8 Å². The molecule has 0 aromatic heterocycles. The molecule has 0 aromatic rings. The molecule has 0 saturated carbocycles. The largest absolute Gasteiger partial charge is 0.390 e. The number of hydrogen-bond acceptors (Lipinski definition) is 4. The minimum absolute atomic E-state index is 0.0453. The Balaban J connectivity index is 2.72. The molecule has 19 heavy (non-hydrogen) atoms. The first kappa shape index (κ1) is 16.1. The van der Waals surface area contributed by atoms with Gasteiger partial charge < -0.3 is 15.3 Å². The monoisotopic (exact) mass is 268 g/mol. The number of carbonyl (C=O) groups is 1. The van der Waals surface area contributed by atoms with Crippen LogP contribution in [0.25, 0.3) is 0 Å². The molecule has 0 saturated heterocycles. The molecular formula is C15H24O4. The first-order chi connectivity index (χ1) is 8.65. The van der Waals surface area contributed by atoms with E-state index in [1.165, 1.54) is 6.08 Å². The molecule has 0 heterocycles. The van der Waals surface area contributed by atoms with Crippen LogP contribution in [0.5, 0.6) is 0 Å². The highest BCUT2D eigenvalue weighted by Gasteiger charge is 2.40. The minimum Gasteiger partial charge on any atom is -0.390 e. The number of rotatable bonds is 5. The lowest BCUT2D eigenvalue weighted by Gasteiger charge is -2.37. The molecule has 3 N–H and O–H groups in total. The Morgan fingerprint density at radius 1 is 1.63 bits per heavy atom. The van der Waals surface area contributed by atoms with Gasteiger partial charge in [0.15, 0.2) is 5.78 Å². The Kier molecular flexibility index (Phi) is 5.07. The number of aliphatic hydroxyl groups excluding tert-OH is 2. The van der Waals surface area contributed by atoms with Gasteiger partial charge in [-0.2, -0.15) is 0 Å². The maximum absolute atomic E-state index is 11.7. The number of allylic oxidation sites excluding steroid dienone is 1. The average molecular weight is 268 g/mol. The molecule has 1 rings (SSSR count). The molecule has 0 radical (unpaired) electrons. The summed E-state index contributed by atoms with van der Waals surface area (Å²) in [6, 6.07) is 0. The van der Waals surface area contributed by atoms with Gasteiger partial charge in [0.1, 0.15) is 0 Å². The van der Waals surface area contributed by atoms with Crippen LogP contribution < -0.4 is 0 Å². The normalized spacial score (nSPS) is 28.5. The van der Waals surface area contributed by atoms with Gasteiger partial charge in [-0.25, -0.2) is 0 Å². The molecule has 0 amide bonds. The van der Waals surface area contributed by atoms with E-state index in [4.69, 9.17) is 0 Å². The number of aliphatic hydroxyl groups is 3. The van der Waals surface area contributed by atoms with E-state index in [0.717, 1.165) is 0 Å². The average Bonchev–Trinajstić information content (AvgIpc) is 2.30. The molecule has 4 atom stereocenters. The topological polar surface area (TPSA) is 77.8 Å². The Morgan fingerprint density at radius 3 is 2.74 bits per heavy atom. The van der Waals surface area contributed by atoms with E-state index < -0.39 is 23.7 Å². The first-order valence-electron chi connectivity index (χ1n) is 6.60. The lowest BCUT2D eigenvalue weighted by atomic mass is 9.74.